The third-order valence-corrected chi connectivity index (χ3v) is 5.25. The summed E-state index contributed by atoms with van der Waals surface area (Å²) in [7, 11) is 0. The molecule has 1 unspecified atom stereocenters. The predicted molar refractivity (Wildman–Crippen MR) is 96.4 cm³/mol. The molecule has 1 aromatic carbocycles. The van der Waals surface area contributed by atoms with Gasteiger partial charge in [0.2, 0.25) is 5.91 Å². The van der Waals surface area contributed by atoms with Crippen LogP contribution in [0.25, 0.3) is 0 Å². The number of halogens is 2. The van der Waals surface area contributed by atoms with Crippen molar-refractivity contribution in [3.63, 3.8) is 0 Å². The van der Waals surface area contributed by atoms with Crippen molar-refractivity contribution in [1.82, 2.24) is 9.55 Å². The summed E-state index contributed by atoms with van der Waals surface area (Å²) in [4.78, 5) is 29.4. The molecule has 0 bridgehead atoms. The van der Waals surface area contributed by atoms with E-state index in [0.29, 0.717) is 16.6 Å². The summed E-state index contributed by atoms with van der Waals surface area (Å²) in [5, 5.41) is 2.98. The van der Waals surface area contributed by atoms with Gasteiger partial charge in [0.15, 0.2) is 5.16 Å². The van der Waals surface area contributed by atoms with Gasteiger partial charge in [-0.1, -0.05) is 32.5 Å². The van der Waals surface area contributed by atoms with E-state index in [2.05, 4.69) is 10.3 Å². The zero-order chi connectivity index (χ0) is 19.1. The Kier molecular flexibility index (Phi) is 4.88. The largest absolute Gasteiger partial charge is 0.323 e. The maximum Gasteiger partial charge on any atom is 0.254 e. The van der Waals surface area contributed by atoms with Crippen molar-refractivity contribution in [2.24, 2.45) is 5.92 Å². The number of carbonyl (C=O) groups excluding carboxylic acids is 1. The highest BCUT2D eigenvalue weighted by Gasteiger charge is 2.29. The molecule has 0 saturated heterocycles. The van der Waals surface area contributed by atoms with Crippen LogP contribution in [0.5, 0.6) is 0 Å². The topological polar surface area (TPSA) is 64.0 Å². The summed E-state index contributed by atoms with van der Waals surface area (Å²) in [5.74, 6) is -1.95. The molecule has 138 valence electrons. The van der Waals surface area contributed by atoms with Gasteiger partial charge in [0, 0.05) is 29.8 Å². The predicted octanol–water partition coefficient (Wildman–Crippen LogP) is 3.18. The van der Waals surface area contributed by atoms with Crippen LogP contribution < -0.4 is 10.9 Å². The van der Waals surface area contributed by atoms with Crippen LogP contribution in [0.2, 0.25) is 0 Å². The molecule has 5 nitrogen and oxygen atoms in total. The molecule has 2 heterocycles. The first-order chi connectivity index (χ1) is 12.1. The molecule has 1 aromatic heterocycles. The summed E-state index contributed by atoms with van der Waals surface area (Å²) < 4.78 is 28.4. The fraction of sp³-hybridized carbons (Fsp3) is 0.389. The Morgan fingerprint density at radius 2 is 2.04 bits per heavy atom. The number of amides is 1. The molecular formula is C18H19F2N3O2S. The number of benzene rings is 1. The zero-order valence-electron chi connectivity index (χ0n) is 14.7. The number of nitrogens with zero attached hydrogens (tertiary/aromatic N) is 2. The standard InChI is InChI=1S/C18H19F2N3O2S/c1-18(2,3)14-7-15(24)23-8-10(9-26-17(23)22-14)16(25)21-13-6-11(19)4-5-12(13)20/h4-7,10H,8-9H2,1-3H3,(H,21,25). The van der Waals surface area contributed by atoms with Crippen LogP contribution in [0.3, 0.4) is 0 Å². The molecule has 1 amide bonds. The van der Waals surface area contributed by atoms with Crippen molar-refractivity contribution in [1.29, 1.82) is 0 Å². The van der Waals surface area contributed by atoms with E-state index in [4.69, 9.17) is 0 Å². The SMILES string of the molecule is CC(C)(C)c1cc(=O)n2c(n1)SCC(C(=O)Nc1cc(F)ccc1F)C2. The number of fused-ring (bicyclic) bond motifs is 1. The lowest BCUT2D eigenvalue weighted by Gasteiger charge is -2.26. The van der Waals surface area contributed by atoms with Gasteiger partial charge in [-0.3, -0.25) is 14.2 Å². The second-order valence-corrected chi connectivity index (χ2v) is 8.23. The van der Waals surface area contributed by atoms with Crippen LogP contribution in [0.4, 0.5) is 14.5 Å². The molecule has 0 radical (unpaired) electrons. The molecule has 3 rings (SSSR count). The van der Waals surface area contributed by atoms with E-state index in [1.807, 2.05) is 20.8 Å². The van der Waals surface area contributed by atoms with Gasteiger partial charge in [-0.2, -0.15) is 0 Å². The summed E-state index contributed by atoms with van der Waals surface area (Å²) in [6.07, 6.45) is 0. The number of hydrogen-bond acceptors (Lipinski definition) is 4. The molecule has 0 fully saturated rings. The van der Waals surface area contributed by atoms with Gasteiger partial charge in [0.05, 0.1) is 17.3 Å². The lowest BCUT2D eigenvalue weighted by Crippen LogP contribution is -2.37. The van der Waals surface area contributed by atoms with Crippen molar-refractivity contribution in [3.8, 4) is 0 Å². The molecular weight excluding hydrogens is 360 g/mol. The Hall–Kier alpha value is -2.22. The zero-order valence-corrected chi connectivity index (χ0v) is 15.5. The summed E-state index contributed by atoms with van der Waals surface area (Å²) >= 11 is 1.31. The summed E-state index contributed by atoms with van der Waals surface area (Å²) in [6.45, 7) is 6.08. The Morgan fingerprint density at radius 1 is 1.31 bits per heavy atom. The molecule has 0 spiro atoms. The van der Waals surface area contributed by atoms with Crippen LogP contribution in [0.15, 0.2) is 34.2 Å². The quantitative estimate of drug-likeness (QED) is 0.814. The first-order valence-electron chi connectivity index (χ1n) is 8.16. The average molecular weight is 379 g/mol. The Morgan fingerprint density at radius 3 is 2.73 bits per heavy atom. The normalized spacial score (nSPS) is 16.9. The molecule has 1 atom stereocenters. The average Bonchev–Trinajstić information content (AvgIpc) is 2.57. The first kappa shape index (κ1) is 18.6. The third kappa shape index (κ3) is 3.80. The first-order valence-corrected chi connectivity index (χ1v) is 9.15. The molecule has 1 N–H and O–H groups in total. The van der Waals surface area contributed by atoms with E-state index >= 15 is 0 Å². The van der Waals surface area contributed by atoms with Crippen LogP contribution in [0.1, 0.15) is 26.5 Å². The van der Waals surface area contributed by atoms with Crippen LogP contribution in [-0.2, 0) is 16.8 Å². The fourth-order valence-corrected chi connectivity index (χ4v) is 3.67. The van der Waals surface area contributed by atoms with Crippen LogP contribution in [-0.4, -0.2) is 21.2 Å². The summed E-state index contributed by atoms with van der Waals surface area (Å²) in [5.41, 5.74) is 0.0190. The third-order valence-electron chi connectivity index (χ3n) is 4.12. The Labute approximate surface area is 153 Å². The minimum Gasteiger partial charge on any atom is -0.323 e. The number of hydrogen-bond donors (Lipinski definition) is 1. The second-order valence-electron chi connectivity index (χ2n) is 7.24. The van der Waals surface area contributed by atoms with E-state index in [1.165, 1.54) is 22.4 Å². The maximum absolute atomic E-state index is 13.7. The van der Waals surface area contributed by atoms with Gasteiger partial charge < -0.3 is 5.32 Å². The highest BCUT2D eigenvalue weighted by atomic mass is 32.2. The molecule has 1 aliphatic heterocycles. The van der Waals surface area contributed by atoms with Gasteiger partial charge in [-0.25, -0.2) is 13.8 Å². The van der Waals surface area contributed by atoms with Crippen molar-refractivity contribution < 1.29 is 13.6 Å². The number of nitrogens with one attached hydrogen (secondary N) is 1. The van der Waals surface area contributed by atoms with Gasteiger partial charge in [0.1, 0.15) is 11.6 Å². The Balaban J connectivity index is 1.81. The number of thioether (sulfide) groups is 1. The van der Waals surface area contributed by atoms with E-state index < -0.39 is 23.5 Å². The van der Waals surface area contributed by atoms with Gasteiger partial charge >= 0.3 is 0 Å². The number of aromatic nitrogens is 2. The number of rotatable bonds is 2. The lowest BCUT2D eigenvalue weighted by atomic mass is 9.92. The monoisotopic (exact) mass is 379 g/mol. The number of anilines is 1. The molecule has 0 saturated carbocycles. The minimum absolute atomic E-state index is 0.154. The van der Waals surface area contributed by atoms with E-state index in [0.717, 1.165) is 18.2 Å². The highest BCUT2D eigenvalue weighted by Crippen LogP contribution is 2.28. The van der Waals surface area contributed by atoms with Crippen LogP contribution in [0, 0.1) is 17.6 Å². The van der Waals surface area contributed by atoms with Crippen molar-refractivity contribution in [3.05, 3.63) is 51.9 Å². The van der Waals surface area contributed by atoms with E-state index in [-0.39, 0.29) is 23.2 Å². The number of carbonyl (C=O) groups is 1. The second kappa shape index (κ2) is 6.83. The molecule has 8 heteroatoms. The van der Waals surface area contributed by atoms with Gasteiger partial charge in [-0.15, -0.1) is 0 Å². The lowest BCUT2D eigenvalue weighted by molar-refractivity contribution is -0.119. The smallest absolute Gasteiger partial charge is 0.254 e. The van der Waals surface area contributed by atoms with E-state index in [1.54, 1.807) is 0 Å². The van der Waals surface area contributed by atoms with Crippen molar-refractivity contribution >= 4 is 23.4 Å². The minimum atomic E-state index is -0.711. The van der Waals surface area contributed by atoms with Gasteiger partial charge in [0.25, 0.3) is 5.56 Å². The fourth-order valence-electron chi connectivity index (χ4n) is 2.58. The molecule has 2 aromatic rings. The maximum atomic E-state index is 13.7. The highest BCUT2D eigenvalue weighted by molar-refractivity contribution is 7.99. The van der Waals surface area contributed by atoms with Crippen molar-refractivity contribution in [2.75, 3.05) is 11.1 Å². The molecule has 26 heavy (non-hydrogen) atoms. The molecule has 0 aliphatic carbocycles. The van der Waals surface area contributed by atoms with Crippen molar-refractivity contribution in [2.45, 2.75) is 37.9 Å². The molecule has 1 aliphatic rings. The van der Waals surface area contributed by atoms with Crippen LogP contribution >= 0.6 is 11.8 Å². The van der Waals surface area contributed by atoms with E-state index in [9.17, 15) is 18.4 Å². The Bertz CT molecular complexity index is 922. The van der Waals surface area contributed by atoms with Gasteiger partial charge in [-0.05, 0) is 12.1 Å². The summed E-state index contributed by atoms with van der Waals surface area (Å²) in [6, 6.07) is 4.35.